The monoisotopic (exact) mass is 375 g/mol. The molecule has 4 rings (SSSR count). The first-order valence-electron chi connectivity index (χ1n) is 7.93. The van der Waals surface area contributed by atoms with Crippen LogP contribution in [-0.2, 0) is 4.74 Å². The molecule has 26 heavy (non-hydrogen) atoms. The van der Waals surface area contributed by atoms with E-state index in [0.717, 1.165) is 5.39 Å². The van der Waals surface area contributed by atoms with Gasteiger partial charge in [-0.25, -0.2) is 14.4 Å². The van der Waals surface area contributed by atoms with Crippen molar-refractivity contribution in [1.29, 1.82) is 0 Å². The van der Waals surface area contributed by atoms with Crippen LogP contribution in [-0.4, -0.2) is 36.4 Å². The molecule has 8 heteroatoms. The Labute approximate surface area is 153 Å². The Balaban J connectivity index is 1.64. The fraction of sp³-hybridized carbons (Fsp3) is 0.222. The van der Waals surface area contributed by atoms with E-state index in [1.54, 1.807) is 31.5 Å². The molecule has 0 aliphatic carbocycles. The van der Waals surface area contributed by atoms with Gasteiger partial charge in [0.1, 0.15) is 18.5 Å². The maximum absolute atomic E-state index is 13.9. The van der Waals surface area contributed by atoms with Crippen molar-refractivity contribution in [1.82, 2.24) is 9.97 Å². The first-order valence-corrected chi connectivity index (χ1v) is 8.31. The van der Waals surface area contributed by atoms with Gasteiger partial charge in [0.25, 0.3) is 0 Å². The Bertz CT molecular complexity index is 966. The number of hydrogen-bond acceptors (Lipinski definition) is 6. The zero-order valence-electron chi connectivity index (χ0n) is 13.8. The fourth-order valence-corrected chi connectivity index (χ4v) is 2.59. The summed E-state index contributed by atoms with van der Waals surface area (Å²) >= 11 is 5.77. The van der Waals surface area contributed by atoms with Crippen LogP contribution in [0.15, 0.2) is 36.5 Å². The predicted molar refractivity (Wildman–Crippen MR) is 96.0 cm³/mol. The molecule has 3 aromatic rings. The number of hydrogen-bond donors (Lipinski definition) is 1. The minimum absolute atomic E-state index is 0.130. The van der Waals surface area contributed by atoms with Crippen molar-refractivity contribution < 1.29 is 18.6 Å². The molecule has 6 nitrogen and oxygen atoms in total. The minimum atomic E-state index is -0.482. The number of rotatable bonds is 6. The van der Waals surface area contributed by atoms with Gasteiger partial charge in [0.05, 0.1) is 24.9 Å². The lowest BCUT2D eigenvalue weighted by molar-refractivity contribution is 0.252. The van der Waals surface area contributed by atoms with Gasteiger partial charge in [-0.1, -0.05) is 11.6 Å². The largest absolute Gasteiger partial charge is 0.493 e. The molecule has 1 unspecified atom stereocenters. The fourth-order valence-electron chi connectivity index (χ4n) is 2.43. The van der Waals surface area contributed by atoms with Crippen molar-refractivity contribution in [2.75, 3.05) is 25.6 Å². The van der Waals surface area contributed by atoms with Crippen LogP contribution in [0.2, 0.25) is 5.02 Å². The van der Waals surface area contributed by atoms with Gasteiger partial charge in [-0.2, -0.15) is 0 Å². The predicted octanol–water partition coefficient (Wildman–Crippen LogP) is 3.95. The SMILES string of the molecule is COc1cc2cnc(Nc3ccc(Cl)cc3F)nc2cc1OCC1CO1. The molecule has 0 radical (unpaired) electrons. The van der Waals surface area contributed by atoms with Gasteiger partial charge in [-0.15, -0.1) is 0 Å². The Morgan fingerprint density at radius 2 is 2.15 bits per heavy atom. The molecule has 1 N–H and O–H groups in total. The number of methoxy groups -OCH3 is 1. The van der Waals surface area contributed by atoms with Gasteiger partial charge in [0.2, 0.25) is 5.95 Å². The van der Waals surface area contributed by atoms with Crippen LogP contribution in [0.25, 0.3) is 10.9 Å². The average Bonchev–Trinajstić information content (AvgIpc) is 3.46. The number of nitrogens with one attached hydrogen (secondary N) is 1. The van der Waals surface area contributed by atoms with Crippen LogP contribution in [0.4, 0.5) is 16.0 Å². The molecule has 1 aromatic heterocycles. The zero-order valence-corrected chi connectivity index (χ0v) is 14.6. The molecule has 2 heterocycles. The molecule has 1 saturated heterocycles. The van der Waals surface area contributed by atoms with E-state index in [-0.39, 0.29) is 17.7 Å². The smallest absolute Gasteiger partial charge is 0.227 e. The zero-order chi connectivity index (χ0) is 18.1. The molecule has 0 amide bonds. The van der Waals surface area contributed by atoms with E-state index in [1.165, 1.54) is 12.1 Å². The van der Waals surface area contributed by atoms with Gasteiger partial charge >= 0.3 is 0 Å². The van der Waals surface area contributed by atoms with E-state index in [4.69, 9.17) is 25.8 Å². The van der Waals surface area contributed by atoms with Gasteiger partial charge in [0, 0.05) is 22.7 Å². The van der Waals surface area contributed by atoms with Crippen LogP contribution in [0.5, 0.6) is 11.5 Å². The number of fused-ring (bicyclic) bond motifs is 1. The highest BCUT2D eigenvalue weighted by Gasteiger charge is 2.24. The van der Waals surface area contributed by atoms with Crippen molar-refractivity contribution in [2.45, 2.75) is 6.10 Å². The average molecular weight is 376 g/mol. The van der Waals surface area contributed by atoms with Gasteiger partial charge in [-0.3, -0.25) is 0 Å². The van der Waals surface area contributed by atoms with Crippen molar-refractivity contribution in [2.24, 2.45) is 0 Å². The summed E-state index contributed by atoms with van der Waals surface area (Å²) in [4.78, 5) is 8.64. The maximum atomic E-state index is 13.9. The third-order valence-electron chi connectivity index (χ3n) is 3.87. The highest BCUT2D eigenvalue weighted by Crippen LogP contribution is 2.33. The van der Waals surface area contributed by atoms with Crippen LogP contribution >= 0.6 is 11.6 Å². The number of anilines is 2. The first kappa shape index (κ1) is 16.8. The Kier molecular flexibility index (Phi) is 4.48. The van der Waals surface area contributed by atoms with E-state index in [9.17, 15) is 4.39 Å². The number of halogens is 2. The molecule has 1 aliphatic heterocycles. The van der Waals surface area contributed by atoms with E-state index in [0.29, 0.717) is 35.3 Å². The second kappa shape index (κ2) is 6.93. The van der Waals surface area contributed by atoms with E-state index in [2.05, 4.69) is 15.3 Å². The number of epoxide rings is 1. The summed E-state index contributed by atoms with van der Waals surface area (Å²) in [6, 6.07) is 7.91. The Hall–Kier alpha value is -2.64. The standard InChI is InChI=1S/C18H15ClFN3O3/c1-24-16-4-10-7-21-18(22-14-3-2-11(19)5-13(14)20)23-15(10)6-17(16)26-9-12-8-25-12/h2-7,12H,8-9H2,1H3,(H,21,22,23). The third-order valence-corrected chi connectivity index (χ3v) is 4.11. The number of nitrogens with zero attached hydrogens (tertiary/aromatic N) is 2. The lowest BCUT2D eigenvalue weighted by Gasteiger charge is -2.12. The maximum Gasteiger partial charge on any atom is 0.227 e. The molecule has 0 saturated carbocycles. The number of benzene rings is 2. The second-order valence-electron chi connectivity index (χ2n) is 5.77. The summed E-state index contributed by atoms with van der Waals surface area (Å²) in [7, 11) is 1.57. The molecule has 0 bridgehead atoms. The first-order chi connectivity index (χ1) is 12.6. The van der Waals surface area contributed by atoms with Crippen molar-refractivity contribution in [3.8, 4) is 11.5 Å². The van der Waals surface area contributed by atoms with E-state index in [1.807, 2.05) is 0 Å². The minimum Gasteiger partial charge on any atom is -0.493 e. The lowest BCUT2D eigenvalue weighted by atomic mass is 10.2. The summed E-state index contributed by atoms with van der Waals surface area (Å²) in [6.45, 7) is 1.16. The Morgan fingerprint density at radius 3 is 2.88 bits per heavy atom. The molecule has 1 atom stereocenters. The van der Waals surface area contributed by atoms with Crippen molar-refractivity contribution in [3.63, 3.8) is 0 Å². The van der Waals surface area contributed by atoms with Crippen LogP contribution < -0.4 is 14.8 Å². The van der Waals surface area contributed by atoms with E-state index >= 15 is 0 Å². The Morgan fingerprint density at radius 1 is 1.31 bits per heavy atom. The number of ether oxygens (including phenoxy) is 3. The summed E-state index contributed by atoms with van der Waals surface area (Å²) < 4.78 is 30.2. The normalized spacial score (nSPS) is 15.7. The molecular formula is C18H15ClFN3O3. The molecule has 0 spiro atoms. The second-order valence-corrected chi connectivity index (χ2v) is 6.21. The summed E-state index contributed by atoms with van der Waals surface area (Å²) in [5.41, 5.74) is 0.883. The van der Waals surface area contributed by atoms with Crippen LogP contribution in [0.1, 0.15) is 0 Å². The van der Waals surface area contributed by atoms with Gasteiger partial charge in [0.15, 0.2) is 11.5 Å². The molecular weight excluding hydrogens is 361 g/mol. The van der Waals surface area contributed by atoms with Gasteiger partial charge in [-0.05, 0) is 24.3 Å². The summed E-state index contributed by atoms with van der Waals surface area (Å²) in [5, 5.41) is 3.95. The van der Waals surface area contributed by atoms with Crippen molar-refractivity contribution in [3.05, 3.63) is 47.4 Å². The third kappa shape index (κ3) is 3.63. The van der Waals surface area contributed by atoms with Crippen LogP contribution in [0.3, 0.4) is 0 Å². The van der Waals surface area contributed by atoms with Crippen molar-refractivity contribution >= 4 is 34.1 Å². The molecule has 1 fully saturated rings. The topological polar surface area (TPSA) is 68.8 Å². The highest BCUT2D eigenvalue weighted by molar-refractivity contribution is 6.30. The quantitative estimate of drug-likeness (QED) is 0.658. The summed E-state index contributed by atoms with van der Waals surface area (Å²) in [5.74, 6) is 0.939. The molecule has 2 aromatic carbocycles. The molecule has 134 valence electrons. The lowest BCUT2D eigenvalue weighted by Crippen LogP contribution is -2.05. The van der Waals surface area contributed by atoms with E-state index < -0.39 is 5.82 Å². The summed E-state index contributed by atoms with van der Waals surface area (Å²) in [6.07, 6.45) is 1.76. The molecule has 1 aliphatic rings. The van der Waals surface area contributed by atoms with Crippen LogP contribution in [0, 0.1) is 5.82 Å². The van der Waals surface area contributed by atoms with Gasteiger partial charge < -0.3 is 19.5 Å². The highest BCUT2D eigenvalue weighted by atomic mass is 35.5. The number of aromatic nitrogens is 2.